The number of aromatic nitrogens is 2. The number of amides is 2. The third-order valence-corrected chi connectivity index (χ3v) is 6.59. The van der Waals surface area contributed by atoms with Gasteiger partial charge in [0.25, 0.3) is 0 Å². The molecule has 0 saturated carbocycles. The highest BCUT2D eigenvalue weighted by molar-refractivity contribution is 7.14. The normalized spacial score (nSPS) is 16.3. The Morgan fingerprint density at radius 2 is 2.12 bits per heavy atom. The lowest BCUT2D eigenvalue weighted by molar-refractivity contribution is 0.167. The fourth-order valence-corrected chi connectivity index (χ4v) is 5.07. The van der Waals surface area contributed by atoms with E-state index in [2.05, 4.69) is 33.9 Å². The van der Waals surface area contributed by atoms with Crippen molar-refractivity contribution in [3.8, 4) is 10.6 Å². The number of carbonyl (C=O) groups excluding carboxylic acids is 1. The lowest BCUT2D eigenvalue weighted by Gasteiger charge is -2.35. The molecular formula is C19H20N4OS2. The van der Waals surface area contributed by atoms with E-state index in [1.165, 1.54) is 21.8 Å². The number of thiophene rings is 1. The summed E-state index contributed by atoms with van der Waals surface area (Å²) in [4.78, 5) is 16.1. The third kappa shape index (κ3) is 3.37. The number of hydrogen-bond donors (Lipinski definition) is 1. The van der Waals surface area contributed by atoms with Gasteiger partial charge in [-0.1, -0.05) is 48.6 Å². The Morgan fingerprint density at radius 1 is 1.27 bits per heavy atom. The second-order valence-corrected chi connectivity index (χ2v) is 8.25. The highest BCUT2D eigenvalue weighted by Gasteiger charge is 2.30. The summed E-state index contributed by atoms with van der Waals surface area (Å²) < 4.78 is 0. The van der Waals surface area contributed by atoms with Crippen LogP contribution in [0.3, 0.4) is 0 Å². The molecule has 2 amide bonds. The zero-order chi connectivity index (χ0) is 17.9. The van der Waals surface area contributed by atoms with E-state index < -0.39 is 0 Å². The number of hydrogen-bond acceptors (Lipinski definition) is 5. The predicted octanol–water partition coefficient (Wildman–Crippen LogP) is 4.49. The molecule has 0 fully saturated rings. The average Bonchev–Trinajstić information content (AvgIpc) is 3.35. The van der Waals surface area contributed by atoms with E-state index in [1.807, 2.05) is 35.2 Å². The first-order valence-corrected chi connectivity index (χ1v) is 10.4. The maximum Gasteiger partial charge on any atom is 0.318 e. The molecular weight excluding hydrogens is 364 g/mol. The van der Waals surface area contributed by atoms with Crippen molar-refractivity contribution in [3.05, 3.63) is 57.2 Å². The van der Waals surface area contributed by atoms with Crippen LogP contribution in [0.5, 0.6) is 0 Å². The van der Waals surface area contributed by atoms with Gasteiger partial charge >= 0.3 is 6.03 Å². The van der Waals surface area contributed by atoms with Gasteiger partial charge in [-0.2, -0.15) is 0 Å². The number of nitrogens with zero attached hydrogens (tertiary/aromatic N) is 3. The van der Waals surface area contributed by atoms with Crippen molar-refractivity contribution >= 4 is 28.7 Å². The van der Waals surface area contributed by atoms with Crippen molar-refractivity contribution in [1.29, 1.82) is 0 Å². The number of rotatable bonds is 4. The van der Waals surface area contributed by atoms with Crippen LogP contribution in [0.1, 0.15) is 34.8 Å². The van der Waals surface area contributed by atoms with Gasteiger partial charge in [-0.3, -0.25) is 0 Å². The minimum Gasteiger partial charge on any atom is -0.331 e. The molecule has 0 spiro atoms. The molecule has 0 radical (unpaired) electrons. The second kappa shape index (κ2) is 7.55. The highest BCUT2D eigenvalue weighted by atomic mass is 32.1. The van der Waals surface area contributed by atoms with Gasteiger partial charge in [-0.05, 0) is 29.9 Å². The molecule has 0 bridgehead atoms. The Bertz CT molecular complexity index is 890. The molecule has 26 heavy (non-hydrogen) atoms. The molecule has 1 aliphatic heterocycles. The van der Waals surface area contributed by atoms with Crippen molar-refractivity contribution in [2.75, 3.05) is 6.54 Å². The lowest BCUT2D eigenvalue weighted by atomic mass is 9.98. The first kappa shape index (κ1) is 17.2. The first-order valence-electron chi connectivity index (χ1n) is 8.74. The van der Waals surface area contributed by atoms with Crippen molar-refractivity contribution in [2.24, 2.45) is 0 Å². The number of fused-ring (bicyclic) bond motifs is 1. The van der Waals surface area contributed by atoms with Crippen LogP contribution in [-0.2, 0) is 13.0 Å². The van der Waals surface area contributed by atoms with Crippen LogP contribution >= 0.6 is 22.7 Å². The first-order chi connectivity index (χ1) is 12.8. The zero-order valence-electron chi connectivity index (χ0n) is 14.5. The molecule has 0 saturated heterocycles. The number of benzene rings is 1. The maximum absolute atomic E-state index is 12.7. The Morgan fingerprint density at radius 3 is 2.92 bits per heavy atom. The standard InChI is InChI=1S/C19H20N4OS2/c1-2-15-14-9-11-25-16(14)8-10-23(15)19(24)20-12-17-21-22-18(26-17)13-6-4-3-5-7-13/h3-7,9,11,15H,2,8,10,12H2,1H3,(H,20,24)/t15-/m0/s1. The Kier molecular flexibility index (Phi) is 4.99. The summed E-state index contributed by atoms with van der Waals surface area (Å²) >= 11 is 3.31. The molecule has 7 heteroatoms. The van der Waals surface area contributed by atoms with Crippen LogP contribution in [0, 0.1) is 0 Å². The van der Waals surface area contributed by atoms with Gasteiger partial charge in [0.2, 0.25) is 0 Å². The number of carbonyl (C=O) groups is 1. The van der Waals surface area contributed by atoms with E-state index in [9.17, 15) is 4.79 Å². The van der Waals surface area contributed by atoms with Crippen molar-refractivity contribution < 1.29 is 4.79 Å². The largest absolute Gasteiger partial charge is 0.331 e. The van der Waals surface area contributed by atoms with E-state index in [1.54, 1.807) is 11.3 Å². The summed E-state index contributed by atoms with van der Waals surface area (Å²) in [6.07, 6.45) is 1.86. The molecule has 134 valence electrons. The van der Waals surface area contributed by atoms with Gasteiger partial charge < -0.3 is 10.2 Å². The quantitative estimate of drug-likeness (QED) is 0.721. The molecule has 1 atom stereocenters. The minimum absolute atomic E-state index is 0.0230. The Balaban J connectivity index is 1.41. The van der Waals surface area contributed by atoms with Crippen molar-refractivity contribution in [2.45, 2.75) is 32.4 Å². The predicted molar refractivity (Wildman–Crippen MR) is 105 cm³/mol. The van der Waals surface area contributed by atoms with Crippen molar-refractivity contribution in [1.82, 2.24) is 20.4 Å². The van der Waals surface area contributed by atoms with Crippen LogP contribution in [0.15, 0.2) is 41.8 Å². The van der Waals surface area contributed by atoms with E-state index >= 15 is 0 Å². The highest BCUT2D eigenvalue weighted by Crippen LogP contribution is 2.35. The fraction of sp³-hybridized carbons (Fsp3) is 0.316. The van der Waals surface area contributed by atoms with E-state index in [4.69, 9.17) is 0 Å². The summed E-state index contributed by atoms with van der Waals surface area (Å²) in [5, 5.41) is 15.3. The van der Waals surface area contributed by atoms with Crippen LogP contribution in [0.4, 0.5) is 4.79 Å². The number of nitrogens with one attached hydrogen (secondary N) is 1. The number of urea groups is 1. The topological polar surface area (TPSA) is 58.1 Å². The smallest absolute Gasteiger partial charge is 0.318 e. The van der Waals surface area contributed by atoms with Gasteiger partial charge in [0.15, 0.2) is 0 Å². The molecule has 2 aromatic heterocycles. The molecule has 0 unspecified atom stereocenters. The van der Waals surface area contributed by atoms with Gasteiger partial charge in [-0.15, -0.1) is 21.5 Å². The van der Waals surface area contributed by atoms with Crippen LogP contribution < -0.4 is 5.32 Å². The molecule has 1 N–H and O–H groups in total. The molecule has 4 rings (SSSR count). The van der Waals surface area contributed by atoms with E-state index in [0.717, 1.165) is 35.0 Å². The van der Waals surface area contributed by atoms with Gasteiger partial charge in [-0.25, -0.2) is 4.79 Å². The minimum atomic E-state index is -0.0230. The van der Waals surface area contributed by atoms with Gasteiger partial charge in [0.05, 0.1) is 12.6 Å². The summed E-state index contributed by atoms with van der Waals surface area (Å²) in [5.41, 5.74) is 2.36. The molecule has 3 aromatic rings. The monoisotopic (exact) mass is 384 g/mol. The summed E-state index contributed by atoms with van der Waals surface area (Å²) in [6, 6.07) is 12.3. The second-order valence-electron chi connectivity index (χ2n) is 6.19. The summed E-state index contributed by atoms with van der Waals surface area (Å²) in [7, 11) is 0. The van der Waals surface area contributed by atoms with Gasteiger partial charge in [0.1, 0.15) is 10.0 Å². The molecule has 5 nitrogen and oxygen atoms in total. The Hall–Kier alpha value is -2.25. The third-order valence-electron chi connectivity index (χ3n) is 4.62. The molecule has 3 heterocycles. The lowest BCUT2D eigenvalue weighted by Crippen LogP contribution is -2.44. The summed E-state index contributed by atoms with van der Waals surface area (Å²) in [5.74, 6) is 0. The summed E-state index contributed by atoms with van der Waals surface area (Å²) in [6.45, 7) is 3.31. The van der Waals surface area contributed by atoms with Crippen LogP contribution in [0.25, 0.3) is 10.6 Å². The van der Waals surface area contributed by atoms with E-state index in [0.29, 0.717) is 6.54 Å². The van der Waals surface area contributed by atoms with E-state index in [-0.39, 0.29) is 12.1 Å². The van der Waals surface area contributed by atoms with Crippen molar-refractivity contribution in [3.63, 3.8) is 0 Å². The van der Waals surface area contributed by atoms with Gasteiger partial charge in [0, 0.05) is 17.0 Å². The average molecular weight is 385 g/mol. The van der Waals surface area contributed by atoms with Crippen LogP contribution in [-0.4, -0.2) is 27.7 Å². The Labute approximate surface area is 160 Å². The van der Waals surface area contributed by atoms with Crippen LogP contribution in [0.2, 0.25) is 0 Å². The molecule has 1 aliphatic rings. The fourth-order valence-electron chi connectivity index (χ4n) is 3.35. The maximum atomic E-state index is 12.7. The zero-order valence-corrected chi connectivity index (χ0v) is 16.1. The molecule has 0 aliphatic carbocycles. The molecule has 1 aromatic carbocycles. The SMILES string of the molecule is CC[C@H]1c2ccsc2CCN1C(=O)NCc1nnc(-c2ccccc2)s1.